The van der Waals surface area contributed by atoms with Crippen molar-refractivity contribution in [3.8, 4) is 0 Å². The first-order valence-corrected chi connectivity index (χ1v) is 4.58. The SMILES string of the molecule is C=C(Cl)CN(C)c1cccc(C)c1. The quantitative estimate of drug-likeness (QED) is 0.716. The number of hydrogen-bond donors (Lipinski definition) is 0. The predicted octanol–water partition coefficient (Wildman–Crippen LogP) is 3.18. The topological polar surface area (TPSA) is 3.24 Å². The largest absolute Gasteiger partial charge is 0.369 e. The molecule has 1 rings (SSSR count). The van der Waals surface area contributed by atoms with Crippen LogP contribution in [0, 0.1) is 6.92 Å². The van der Waals surface area contributed by atoms with Crippen LogP contribution in [0.1, 0.15) is 5.56 Å². The van der Waals surface area contributed by atoms with Gasteiger partial charge >= 0.3 is 0 Å². The minimum absolute atomic E-state index is 0.656. The number of benzene rings is 1. The van der Waals surface area contributed by atoms with Gasteiger partial charge in [0.15, 0.2) is 0 Å². The van der Waals surface area contributed by atoms with E-state index in [1.807, 2.05) is 13.1 Å². The summed E-state index contributed by atoms with van der Waals surface area (Å²) in [4.78, 5) is 2.07. The molecule has 0 N–H and O–H groups in total. The molecule has 0 atom stereocenters. The molecule has 1 aromatic carbocycles. The summed E-state index contributed by atoms with van der Waals surface area (Å²) in [7, 11) is 2.00. The highest BCUT2D eigenvalue weighted by Crippen LogP contribution is 2.15. The van der Waals surface area contributed by atoms with Gasteiger partial charge in [-0.15, -0.1) is 0 Å². The Bertz CT molecular complexity index is 307. The number of rotatable bonds is 3. The number of hydrogen-bond acceptors (Lipinski definition) is 1. The van der Waals surface area contributed by atoms with Gasteiger partial charge in [0, 0.05) is 17.8 Å². The van der Waals surface area contributed by atoms with Crippen LogP contribution < -0.4 is 4.90 Å². The van der Waals surface area contributed by atoms with Crippen LogP contribution in [0.5, 0.6) is 0 Å². The van der Waals surface area contributed by atoms with E-state index in [1.54, 1.807) is 0 Å². The van der Waals surface area contributed by atoms with Crippen molar-refractivity contribution in [1.29, 1.82) is 0 Å². The first-order valence-electron chi connectivity index (χ1n) is 4.20. The molecule has 1 nitrogen and oxygen atoms in total. The van der Waals surface area contributed by atoms with Crippen LogP contribution in [0.15, 0.2) is 35.9 Å². The fraction of sp³-hybridized carbons (Fsp3) is 0.273. The molecule has 0 heterocycles. The van der Waals surface area contributed by atoms with Gasteiger partial charge in [0.05, 0.1) is 6.54 Å². The van der Waals surface area contributed by atoms with E-state index in [0.717, 1.165) is 0 Å². The van der Waals surface area contributed by atoms with Crippen LogP contribution in [0.25, 0.3) is 0 Å². The smallest absolute Gasteiger partial charge is 0.0527 e. The van der Waals surface area contributed by atoms with E-state index >= 15 is 0 Å². The maximum absolute atomic E-state index is 5.73. The summed E-state index contributed by atoms with van der Waals surface area (Å²) in [6.07, 6.45) is 0. The van der Waals surface area contributed by atoms with Crippen LogP contribution in [-0.2, 0) is 0 Å². The predicted molar refractivity (Wildman–Crippen MR) is 59.4 cm³/mol. The van der Waals surface area contributed by atoms with Crippen molar-refractivity contribution in [2.75, 3.05) is 18.5 Å². The monoisotopic (exact) mass is 195 g/mol. The van der Waals surface area contributed by atoms with Gasteiger partial charge in [0.25, 0.3) is 0 Å². The molecule has 0 aliphatic heterocycles. The second-order valence-electron chi connectivity index (χ2n) is 3.21. The fourth-order valence-corrected chi connectivity index (χ4v) is 1.39. The van der Waals surface area contributed by atoms with Crippen molar-refractivity contribution in [3.63, 3.8) is 0 Å². The molecule has 0 unspecified atom stereocenters. The Hall–Kier alpha value is -0.950. The standard InChI is InChI=1S/C11H14ClN/c1-9-5-4-6-11(7-9)13(3)8-10(2)12/h4-7H,2,8H2,1,3H3. The zero-order valence-electron chi connectivity index (χ0n) is 8.05. The van der Waals surface area contributed by atoms with Gasteiger partial charge in [0.1, 0.15) is 0 Å². The molecule has 0 fully saturated rings. The van der Waals surface area contributed by atoms with Crippen molar-refractivity contribution in [2.45, 2.75) is 6.92 Å². The lowest BCUT2D eigenvalue weighted by atomic mass is 10.2. The van der Waals surface area contributed by atoms with Gasteiger partial charge in [0.2, 0.25) is 0 Å². The van der Waals surface area contributed by atoms with Gasteiger partial charge in [-0.25, -0.2) is 0 Å². The van der Waals surface area contributed by atoms with Crippen LogP contribution in [-0.4, -0.2) is 13.6 Å². The Morgan fingerprint density at radius 2 is 2.23 bits per heavy atom. The molecule has 0 saturated carbocycles. The third-order valence-corrected chi connectivity index (χ3v) is 1.97. The van der Waals surface area contributed by atoms with Crippen molar-refractivity contribution in [1.82, 2.24) is 0 Å². The molecule has 0 spiro atoms. The second kappa shape index (κ2) is 4.33. The lowest BCUT2D eigenvalue weighted by Gasteiger charge is -2.18. The van der Waals surface area contributed by atoms with Gasteiger partial charge in [-0.2, -0.15) is 0 Å². The number of nitrogens with zero attached hydrogens (tertiary/aromatic N) is 1. The average Bonchev–Trinajstić information content (AvgIpc) is 2.03. The summed E-state index contributed by atoms with van der Waals surface area (Å²) >= 11 is 5.73. The molecule has 0 amide bonds. The highest BCUT2D eigenvalue weighted by atomic mass is 35.5. The van der Waals surface area contributed by atoms with Gasteiger partial charge in [-0.3, -0.25) is 0 Å². The van der Waals surface area contributed by atoms with Crippen molar-refractivity contribution >= 4 is 17.3 Å². The Morgan fingerprint density at radius 1 is 1.54 bits per heavy atom. The summed E-state index contributed by atoms with van der Waals surface area (Å²) in [6.45, 7) is 6.43. The van der Waals surface area contributed by atoms with Crippen LogP contribution in [0.4, 0.5) is 5.69 Å². The van der Waals surface area contributed by atoms with E-state index in [-0.39, 0.29) is 0 Å². The van der Waals surface area contributed by atoms with Crippen molar-refractivity contribution in [2.24, 2.45) is 0 Å². The molecule has 0 aliphatic rings. The van der Waals surface area contributed by atoms with E-state index in [1.165, 1.54) is 11.3 Å². The summed E-state index contributed by atoms with van der Waals surface area (Å²) < 4.78 is 0. The molecule has 0 aliphatic carbocycles. The molecule has 2 heteroatoms. The first kappa shape index (κ1) is 10.1. The summed E-state index contributed by atoms with van der Waals surface area (Å²) in [5, 5.41) is 0.656. The lowest BCUT2D eigenvalue weighted by molar-refractivity contribution is 1.02. The molecule has 0 aromatic heterocycles. The van der Waals surface area contributed by atoms with E-state index in [0.29, 0.717) is 11.6 Å². The molecular formula is C11H14ClN. The van der Waals surface area contributed by atoms with Crippen LogP contribution in [0.3, 0.4) is 0 Å². The number of aryl methyl sites for hydroxylation is 1. The van der Waals surface area contributed by atoms with Crippen LogP contribution >= 0.6 is 11.6 Å². The zero-order valence-corrected chi connectivity index (χ0v) is 8.80. The normalized spacial score (nSPS) is 9.77. The summed E-state index contributed by atoms with van der Waals surface area (Å²) in [5.41, 5.74) is 2.42. The molecule has 0 radical (unpaired) electrons. The molecular weight excluding hydrogens is 182 g/mol. The highest BCUT2D eigenvalue weighted by molar-refractivity contribution is 6.29. The molecule has 13 heavy (non-hydrogen) atoms. The molecule has 0 bridgehead atoms. The fourth-order valence-electron chi connectivity index (χ4n) is 1.21. The average molecular weight is 196 g/mol. The van der Waals surface area contributed by atoms with E-state index in [9.17, 15) is 0 Å². The molecule has 70 valence electrons. The van der Waals surface area contributed by atoms with Crippen molar-refractivity contribution < 1.29 is 0 Å². The molecule has 0 saturated heterocycles. The number of likely N-dealkylation sites (N-methyl/N-ethyl adjacent to an activating group) is 1. The van der Waals surface area contributed by atoms with Gasteiger partial charge in [-0.1, -0.05) is 30.3 Å². The van der Waals surface area contributed by atoms with Gasteiger partial charge in [-0.05, 0) is 24.6 Å². The summed E-state index contributed by atoms with van der Waals surface area (Å²) in [5.74, 6) is 0. The second-order valence-corrected chi connectivity index (χ2v) is 3.75. The Balaban J connectivity index is 2.76. The minimum atomic E-state index is 0.656. The van der Waals surface area contributed by atoms with E-state index in [2.05, 4.69) is 36.6 Å². The Labute approximate surface area is 84.6 Å². The Morgan fingerprint density at radius 3 is 2.77 bits per heavy atom. The van der Waals surface area contributed by atoms with E-state index < -0.39 is 0 Å². The third-order valence-electron chi connectivity index (χ3n) is 1.85. The molecule has 1 aromatic rings. The van der Waals surface area contributed by atoms with E-state index in [4.69, 9.17) is 11.6 Å². The maximum atomic E-state index is 5.73. The zero-order chi connectivity index (χ0) is 9.84. The summed E-state index contributed by atoms with van der Waals surface area (Å²) in [6, 6.07) is 8.30. The minimum Gasteiger partial charge on any atom is -0.369 e. The Kier molecular flexibility index (Phi) is 3.38. The number of halogens is 1. The van der Waals surface area contributed by atoms with Crippen LogP contribution in [0.2, 0.25) is 0 Å². The van der Waals surface area contributed by atoms with Gasteiger partial charge < -0.3 is 4.90 Å². The lowest BCUT2D eigenvalue weighted by Crippen LogP contribution is -2.18. The highest BCUT2D eigenvalue weighted by Gasteiger charge is 2.00. The number of anilines is 1. The maximum Gasteiger partial charge on any atom is 0.0527 e. The van der Waals surface area contributed by atoms with Crippen molar-refractivity contribution in [3.05, 3.63) is 41.4 Å². The first-order chi connectivity index (χ1) is 6.09. The third kappa shape index (κ3) is 3.11.